The number of hydrogen-bond donors (Lipinski definition) is 5. The quantitative estimate of drug-likeness (QED) is 0.183. The second-order valence-electron chi connectivity index (χ2n) is 9.70. The van der Waals surface area contributed by atoms with Gasteiger partial charge in [-0.05, 0) is 36.1 Å². The minimum Gasteiger partial charge on any atom is -0.384 e. The lowest BCUT2D eigenvalue weighted by molar-refractivity contribution is -0.130. The van der Waals surface area contributed by atoms with Gasteiger partial charge in [-0.1, -0.05) is 84.9 Å². The van der Waals surface area contributed by atoms with E-state index < -0.39 is 40.0 Å². The number of rotatable bonds is 11. The molecule has 204 valence electrons. The number of benzene rings is 3. The van der Waals surface area contributed by atoms with Gasteiger partial charge in [-0.3, -0.25) is 15.0 Å². The minimum atomic E-state index is -3.83. The normalized spacial score (nSPS) is 16.9. The number of Topliss-reactive ketones (excluding diaryl/α,β-unsaturated/α-hetero) is 1. The standard InChI is InChI=1S/C29H33N5O4S/c1-39(37,38)34-26(24(19-9-4-2-5-10-19)20-11-6-3-7-12-20)29(36)33-25(27(35)23-13-8-18-32-23)21-14-16-22(17-15-21)28(30)31/h2-7,9-12,14-17,23-26,32,34H,8,13,18H2,1H3,(H3,30,31)(H,33,36)/t23-,25?,26+/m0/s1. The number of sulfonamides is 1. The molecule has 0 radical (unpaired) electrons. The van der Waals surface area contributed by atoms with Gasteiger partial charge < -0.3 is 16.4 Å². The Morgan fingerprint density at radius 3 is 1.95 bits per heavy atom. The van der Waals surface area contributed by atoms with Crippen LogP contribution < -0.4 is 21.1 Å². The van der Waals surface area contributed by atoms with Crippen molar-refractivity contribution in [2.75, 3.05) is 12.8 Å². The summed E-state index contributed by atoms with van der Waals surface area (Å²) in [5, 5.41) is 13.7. The predicted molar refractivity (Wildman–Crippen MR) is 151 cm³/mol. The maximum absolute atomic E-state index is 14.0. The maximum Gasteiger partial charge on any atom is 0.240 e. The number of amides is 1. The number of ketones is 1. The number of nitrogen functional groups attached to an aromatic ring is 1. The van der Waals surface area contributed by atoms with Crippen molar-refractivity contribution in [3.05, 3.63) is 107 Å². The molecule has 0 bridgehead atoms. The molecule has 1 saturated heterocycles. The van der Waals surface area contributed by atoms with Crippen molar-refractivity contribution in [3.8, 4) is 0 Å². The summed E-state index contributed by atoms with van der Waals surface area (Å²) in [6.45, 7) is 0.697. The molecule has 1 amide bonds. The number of carbonyl (C=O) groups excluding carboxylic acids is 2. The third kappa shape index (κ3) is 7.17. The summed E-state index contributed by atoms with van der Waals surface area (Å²) >= 11 is 0. The Balaban J connectivity index is 1.75. The zero-order valence-corrected chi connectivity index (χ0v) is 22.4. The topological polar surface area (TPSA) is 154 Å². The molecule has 3 atom stereocenters. The number of nitrogens with one attached hydrogen (secondary N) is 4. The maximum atomic E-state index is 14.0. The van der Waals surface area contributed by atoms with E-state index >= 15 is 0 Å². The molecule has 0 saturated carbocycles. The van der Waals surface area contributed by atoms with E-state index in [1.807, 2.05) is 60.7 Å². The van der Waals surface area contributed by atoms with Gasteiger partial charge in [0.2, 0.25) is 15.9 Å². The van der Waals surface area contributed by atoms with Gasteiger partial charge in [-0.15, -0.1) is 0 Å². The first-order valence-corrected chi connectivity index (χ1v) is 14.6. The van der Waals surface area contributed by atoms with Crippen molar-refractivity contribution in [1.29, 1.82) is 5.41 Å². The van der Waals surface area contributed by atoms with Crippen LogP contribution in [0, 0.1) is 5.41 Å². The highest BCUT2D eigenvalue weighted by molar-refractivity contribution is 7.88. The zero-order valence-electron chi connectivity index (χ0n) is 21.6. The molecule has 0 spiro atoms. The van der Waals surface area contributed by atoms with Crippen LogP contribution in [0.4, 0.5) is 0 Å². The van der Waals surface area contributed by atoms with Gasteiger partial charge in [0.25, 0.3) is 0 Å². The Hall–Kier alpha value is -3.86. The first-order valence-electron chi connectivity index (χ1n) is 12.7. The van der Waals surface area contributed by atoms with Crippen molar-refractivity contribution in [2.24, 2.45) is 5.73 Å². The fraction of sp³-hybridized carbons (Fsp3) is 0.276. The van der Waals surface area contributed by atoms with E-state index in [9.17, 15) is 18.0 Å². The van der Waals surface area contributed by atoms with E-state index in [2.05, 4.69) is 15.4 Å². The van der Waals surface area contributed by atoms with Crippen LogP contribution in [0.3, 0.4) is 0 Å². The van der Waals surface area contributed by atoms with E-state index in [0.717, 1.165) is 23.8 Å². The van der Waals surface area contributed by atoms with Gasteiger partial charge in [0.15, 0.2) is 5.78 Å². The molecule has 1 aliphatic rings. The highest BCUT2D eigenvalue weighted by atomic mass is 32.2. The predicted octanol–water partition coefficient (Wildman–Crippen LogP) is 2.20. The minimum absolute atomic E-state index is 0.114. The molecule has 9 nitrogen and oxygen atoms in total. The van der Waals surface area contributed by atoms with Crippen molar-refractivity contribution in [1.82, 2.24) is 15.4 Å². The molecule has 3 aromatic rings. The molecule has 1 fully saturated rings. The zero-order chi connectivity index (χ0) is 28.0. The molecule has 1 unspecified atom stereocenters. The summed E-state index contributed by atoms with van der Waals surface area (Å²) in [6.07, 6.45) is 2.48. The molecule has 10 heteroatoms. The second-order valence-corrected chi connectivity index (χ2v) is 11.5. The molecule has 3 aromatic carbocycles. The third-order valence-electron chi connectivity index (χ3n) is 6.80. The Morgan fingerprint density at radius 1 is 0.923 bits per heavy atom. The summed E-state index contributed by atoms with van der Waals surface area (Å²) in [5.41, 5.74) is 8.08. The van der Waals surface area contributed by atoms with Crippen LogP contribution >= 0.6 is 0 Å². The van der Waals surface area contributed by atoms with Crippen molar-refractivity contribution < 1.29 is 18.0 Å². The Morgan fingerprint density at radius 2 is 1.49 bits per heavy atom. The van der Waals surface area contributed by atoms with Crippen molar-refractivity contribution in [2.45, 2.75) is 36.9 Å². The van der Waals surface area contributed by atoms with Gasteiger partial charge in [0.1, 0.15) is 17.9 Å². The fourth-order valence-corrected chi connectivity index (χ4v) is 5.64. The first kappa shape index (κ1) is 28.2. The fourth-order valence-electron chi connectivity index (χ4n) is 4.94. The van der Waals surface area contributed by atoms with Crippen molar-refractivity contribution >= 4 is 27.5 Å². The molecular formula is C29H33N5O4S. The van der Waals surface area contributed by atoms with Crippen LogP contribution in [-0.2, 0) is 19.6 Å². The average molecular weight is 548 g/mol. The summed E-state index contributed by atoms with van der Waals surface area (Å²) in [6, 6.07) is 22.2. The number of carbonyl (C=O) groups is 2. The van der Waals surface area contributed by atoms with Crippen molar-refractivity contribution in [3.63, 3.8) is 0 Å². The van der Waals surface area contributed by atoms with Gasteiger partial charge in [-0.2, -0.15) is 0 Å². The largest absolute Gasteiger partial charge is 0.384 e. The first-order chi connectivity index (χ1) is 18.6. The van der Waals surface area contributed by atoms with Gasteiger partial charge in [0.05, 0.1) is 12.3 Å². The summed E-state index contributed by atoms with van der Waals surface area (Å²) in [5.74, 6) is -1.63. The average Bonchev–Trinajstić information content (AvgIpc) is 3.47. The number of hydrogen-bond acceptors (Lipinski definition) is 6. The van der Waals surface area contributed by atoms with E-state index in [-0.39, 0.29) is 11.6 Å². The van der Waals surface area contributed by atoms with E-state index in [4.69, 9.17) is 11.1 Å². The molecule has 1 heterocycles. The van der Waals surface area contributed by atoms with Gasteiger partial charge >= 0.3 is 0 Å². The van der Waals surface area contributed by atoms with E-state index in [1.54, 1.807) is 24.3 Å². The third-order valence-corrected chi connectivity index (χ3v) is 7.49. The second kappa shape index (κ2) is 12.3. The Kier molecular flexibility index (Phi) is 8.90. The van der Waals surface area contributed by atoms with Crippen LogP contribution in [0.25, 0.3) is 0 Å². The summed E-state index contributed by atoms with van der Waals surface area (Å²) in [4.78, 5) is 27.7. The molecule has 0 aliphatic carbocycles. The van der Waals surface area contributed by atoms with E-state index in [0.29, 0.717) is 24.1 Å². The van der Waals surface area contributed by atoms with Crippen LogP contribution in [0.5, 0.6) is 0 Å². The lowest BCUT2D eigenvalue weighted by Gasteiger charge is -2.30. The smallest absolute Gasteiger partial charge is 0.240 e. The number of nitrogens with two attached hydrogens (primary N) is 1. The highest BCUT2D eigenvalue weighted by Crippen LogP contribution is 2.30. The Labute approximate surface area is 228 Å². The monoisotopic (exact) mass is 547 g/mol. The summed E-state index contributed by atoms with van der Waals surface area (Å²) < 4.78 is 27.6. The summed E-state index contributed by atoms with van der Waals surface area (Å²) in [7, 11) is -3.83. The molecule has 0 aromatic heterocycles. The lowest BCUT2D eigenvalue weighted by atomic mass is 9.84. The van der Waals surface area contributed by atoms with E-state index in [1.165, 1.54) is 0 Å². The van der Waals surface area contributed by atoms with Crippen LogP contribution in [0.2, 0.25) is 0 Å². The SMILES string of the molecule is CS(=O)(=O)N[C@@H](C(=O)NC(C(=O)[C@@H]1CCCN1)c1ccc(C(=N)N)cc1)C(c1ccccc1)c1ccccc1. The van der Waals surface area contributed by atoms with Crippen LogP contribution in [0.15, 0.2) is 84.9 Å². The Bertz CT molecular complexity index is 1370. The molecule has 1 aliphatic heterocycles. The highest BCUT2D eigenvalue weighted by Gasteiger charge is 2.37. The molecule has 6 N–H and O–H groups in total. The van der Waals surface area contributed by atoms with Gasteiger partial charge in [-0.25, -0.2) is 13.1 Å². The van der Waals surface area contributed by atoms with Gasteiger partial charge in [0, 0.05) is 11.5 Å². The van der Waals surface area contributed by atoms with Crippen LogP contribution in [-0.4, -0.2) is 50.8 Å². The molecule has 39 heavy (non-hydrogen) atoms. The lowest BCUT2D eigenvalue weighted by Crippen LogP contribution is -2.53. The van der Waals surface area contributed by atoms with Crippen LogP contribution in [0.1, 0.15) is 47.1 Å². The molecular weight excluding hydrogens is 514 g/mol. The molecule has 4 rings (SSSR count). The number of amidine groups is 1.